The van der Waals surface area contributed by atoms with Crippen molar-refractivity contribution in [3.05, 3.63) is 83.9 Å². The third-order valence-electron chi connectivity index (χ3n) is 10.5. The fraction of sp³-hybridized carbons (Fsp3) is 0.444. The van der Waals surface area contributed by atoms with Gasteiger partial charge in [-0.1, -0.05) is 67.7 Å². The van der Waals surface area contributed by atoms with Gasteiger partial charge in [0, 0.05) is 18.0 Å². The van der Waals surface area contributed by atoms with Crippen LogP contribution in [0.25, 0.3) is 0 Å². The molecule has 0 saturated carbocycles. The van der Waals surface area contributed by atoms with Crippen LogP contribution in [0.15, 0.2) is 72.8 Å². The number of rotatable bonds is 9. The average Bonchev–Trinajstić information content (AvgIpc) is 3.72. The van der Waals surface area contributed by atoms with Crippen molar-refractivity contribution in [1.29, 1.82) is 0 Å². The molecular formula is C36H44N2O6Si. The van der Waals surface area contributed by atoms with Crippen molar-refractivity contribution < 1.29 is 28.9 Å². The molecule has 0 radical (unpaired) electrons. The smallest absolute Gasteiger partial charge is 0.264 e. The van der Waals surface area contributed by atoms with E-state index in [-0.39, 0.29) is 42.3 Å². The number of fused-ring (bicyclic) bond motifs is 2. The normalized spacial score (nSPS) is 26.0. The monoisotopic (exact) mass is 628 g/mol. The minimum absolute atomic E-state index is 0.0252. The van der Waals surface area contributed by atoms with Gasteiger partial charge in [0.25, 0.3) is 5.91 Å². The number of ether oxygens (including phenoxy) is 3. The highest BCUT2D eigenvalue weighted by molar-refractivity contribution is 6.91. The molecule has 6 rings (SSSR count). The van der Waals surface area contributed by atoms with Gasteiger partial charge in [0.2, 0.25) is 5.91 Å². The lowest BCUT2D eigenvalue weighted by molar-refractivity contribution is -0.150. The van der Waals surface area contributed by atoms with Gasteiger partial charge >= 0.3 is 0 Å². The number of benzene rings is 3. The van der Waals surface area contributed by atoms with E-state index in [9.17, 15) is 14.7 Å². The van der Waals surface area contributed by atoms with E-state index in [0.717, 1.165) is 35.4 Å². The molecule has 3 aromatic carbocycles. The van der Waals surface area contributed by atoms with Gasteiger partial charge in [0.1, 0.15) is 11.5 Å². The third kappa shape index (κ3) is 5.24. The molecule has 5 atom stereocenters. The van der Waals surface area contributed by atoms with Gasteiger partial charge in [-0.15, -0.1) is 0 Å². The van der Waals surface area contributed by atoms with Crippen LogP contribution >= 0.6 is 0 Å². The molecule has 9 heteroatoms. The van der Waals surface area contributed by atoms with Crippen molar-refractivity contribution in [3.63, 3.8) is 0 Å². The zero-order valence-electron chi connectivity index (χ0n) is 26.9. The summed E-state index contributed by atoms with van der Waals surface area (Å²) in [5.74, 6) is 1.09. The fourth-order valence-electron chi connectivity index (χ4n) is 8.19. The molecule has 2 amide bonds. The lowest BCUT2D eigenvalue weighted by Crippen LogP contribution is -2.52. The highest BCUT2D eigenvalue weighted by Crippen LogP contribution is 2.60. The predicted octanol–water partition coefficient (Wildman–Crippen LogP) is 4.84. The minimum atomic E-state index is -2.41. The Morgan fingerprint density at radius 1 is 1.02 bits per heavy atom. The summed E-state index contributed by atoms with van der Waals surface area (Å²) in [7, 11) is 0.883. The van der Waals surface area contributed by atoms with Crippen LogP contribution in [-0.2, 0) is 26.5 Å². The molecular weight excluding hydrogens is 584 g/mol. The van der Waals surface area contributed by atoms with E-state index < -0.39 is 19.8 Å². The first-order valence-electron chi connectivity index (χ1n) is 15.9. The first kappa shape index (κ1) is 31.3. The second-order valence-corrected chi connectivity index (χ2v) is 17.9. The number of likely N-dealkylation sites (tertiary alicyclic amines) is 1. The predicted molar refractivity (Wildman–Crippen MR) is 177 cm³/mol. The summed E-state index contributed by atoms with van der Waals surface area (Å²) in [5.41, 5.74) is 1.29. The van der Waals surface area contributed by atoms with Crippen LogP contribution in [0.2, 0.25) is 18.6 Å². The van der Waals surface area contributed by atoms with Crippen molar-refractivity contribution in [2.75, 3.05) is 32.3 Å². The van der Waals surface area contributed by atoms with Gasteiger partial charge in [-0.3, -0.25) is 9.59 Å². The number of methoxy groups -OCH3 is 2. The molecule has 3 heterocycles. The number of hydrogen-bond acceptors (Lipinski definition) is 6. The molecule has 0 aliphatic carbocycles. The molecule has 45 heavy (non-hydrogen) atoms. The summed E-state index contributed by atoms with van der Waals surface area (Å²) in [5, 5.41) is 11.2. The first-order valence-corrected chi connectivity index (χ1v) is 19.0. The van der Waals surface area contributed by atoms with E-state index in [1.807, 2.05) is 70.5 Å². The molecule has 0 aromatic heterocycles. The summed E-state index contributed by atoms with van der Waals surface area (Å²) >= 11 is 0. The summed E-state index contributed by atoms with van der Waals surface area (Å²) in [4.78, 5) is 32.5. The largest absolute Gasteiger partial charge is 0.497 e. The van der Waals surface area contributed by atoms with E-state index in [1.165, 1.54) is 5.19 Å². The summed E-state index contributed by atoms with van der Waals surface area (Å²) < 4.78 is 18.3. The maximum Gasteiger partial charge on any atom is 0.264 e. The summed E-state index contributed by atoms with van der Waals surface area (Å²) in [6, 6.07) is 23.8. The SMILES string of the molecule is COc1ccc([Si](C)(C)[C@H]2[C@H](CC(=O)N3CCC[C@H]3CO)O[C@@]3(C(=O)N(Cc4ccccc4)c4ccc(OC)cc43)[C@@H]2C)cc1. The lowest BCUT2D eigenvalue weighted by Gasteiger charge is -2.37. The minimum Gasteiger partial charge on any atom is -0.497 e. The van der Waals surface area contributed by atoms with Crippen molar-refractivity contribution in [2.45, 2.75) is 69.1 Å². The van der Waals surface area contributed by atoms with Gasteiger partial charge in [-0.05, 0) is 54.3 Å². The standard InChI is InChI=1S/C36H44N2O6Si/c1-24-34(45(4,5)29-16-13-27(42-2)14-17-29)32(21-33(40)37-19-9-12-26(37)23-39)44-36(24)30-20-28(43-3)15-18-31(30)38(35(36)41)22-25-10-7-6-8-11-25/h6-8,10-11,13-18,20,24,26,32,34,39H,9,12,19,21-23H2,1-5H3/t24-,26+,32+,34-,36+/m1/s1. The molecule has 0 bridgehead atoms. The molecule has 3 aliphatic rings. The number of hydrogen-bond donors (Lipinski definition) is 1. The number of amides is 2. The number of anilines is 1. The van der Waals surface area contributed by atoms with Crippen LogP contribution in [0.5, 0.6) is 11.5 Å². The van der Waals surface area contributed by atoms with Crippen LogP contribution in [0, 0.1) is 5.92 Å². The molecule has 0 unspecified atom stereocenters. The number of aliphatic hydroxyl groups is 1. The van der Waals surface area contributed by atoms with Crippen molar-refractivity contribution >= 4 is 30.8 Å². The van der Waals surface area contributed by atoms with Crippen LogP contribution in [0.4, 0.5) is 5.69 Å². The van der Waals surface area contributed by atoms with Crippen LogP contribution in [0.1, 0.15) is 37.3 Å². The Morgan fingerprint density at radius 2 is 1.71 bits per heavy atom. The number of carbonyl (C=O) groups is 2. The summed E-state index contributed by atoms with van der Waals surface area (Å²) in [6.45, 7) is 7.76. The second kappa shape index (κ2) is 12.3. The fourth-order valence-corrected chi connectivity index (χ4v) is 12.2. The Bertz CT molecular complexity index is 1550. The Hall–Kier alpha value is -3.66. The molecule has 3 aromatic rings. The maximum atomic E-state index is 14.9. The van der Waals surface area contributed by atoms with Crippen LogP contribution < -0.4 is 19.6 Å². The van der Waals surface area contributed by atoms with E-state index in [4.69, 9.17) is 14.2 Å². The van der Waals surface area contributed by atoms with E-state index in [2.05, 4.69) is 32.2 Å². The number of carbonyl (C=O) groups excluding carboxylic acids is 2. The molecule has 3 aliphatic heterocycles. The molecule has 2 fully saturated rings. The second-order valence-electron chi connectivity index (χ2n) is 13.2. The van der Waals surface area contributed by atoms with Gasteiger partial charge in [-0.25, -0.2) is 0 Å². The van der Waals surface area contributed by atoms with Gasteiger partial charge < -0.3 is 29.1 Å². The van der Waals surface area contributed by atoms with Crippen LogP contribution in [-0.4, -0.2) is 69.4 Å². The Labute approximate surface area is 266 Å². The lowest BCUT2D eigenvalue weighted by atomic mass is 9.82. The van der Waals surface area contributed by atoms with Crippen molar-refractivity contribution in [2.24, 2.45) is 5.92 Å². The van der Waals surface area contributed by atoms with Crippen LogP contribution in [0.3, 0.4) is 0 Å². The number of aliphatic hydroxyl groups excluding tert-OH is 1. The number of nitrogens with zero attached hydrogens (tertiary/aromatic N) is 2. The van der Waals surface area contributed by atoms with Gasteiger partial charge in [0.15, 0.2) is 5.60 Å². The molecule has 1 N–H and O–H groups in total. The Morgan fingerprint density at radius 3 is 2.38 bits per heavy atom. The summed E-state index contributed by atoms with van der Waals surface area (Å²) in [6.07, 6.45) is 1.34. The molecule has 8 nitrogen and oxygen atoms in total. The average molecular weight is 629 g/mol. The zero-order chi connectivity index (χ0) is 31.9. The third-order valence-corrected chi connectivity index (χ3v) is 14.9. The van der Waals surface area contributed by atoms with E-state index in [1.54, 1.807) is 14.2 Å². The van der Waals surface area contributed by atoms with E-state index >= 15 is 0 Å². The molecule has 2 saturated heterocycles. The van der Waals surface area contributed by atoms with E-state index in [0.29, 0.717) is 18.8 Å². The zero-order valence-corrected chi connectivity index (χ0v) is 27.9. The Balaban J connectivity index is 1.45. The highest BCUT2D eigenvalue weighted by Gasteiger charge is 2.66. The van der Waals surface area contributed by atoms with Gasteiger partial charge in [0.05, 0.1) is 59.7 Å². The Kier molecular flexibility index (Phi) is 8.54. The highest BCUT2D eigenvalue weighted by atomic mass is 28.3. The van der Waals surface area contributed by atoms with Gasteiger partial charge in [-0.2, -0.15) is 0 Å². The molecule has 1 spiro atoms. The topological polar surface area (TPSA) is 88.5 Å². The first-order chi connectivity index (χ1) is 21.6. The van der Waals surface area contributed by atoms with Crippen molar-refractivity contribution in [1.82, 2.24) is 4.90 Å². The maximum absolute atomic E-state index is 14.9. The van der Waals surface area contributed by atoms with Crippen molar-refractivity contribution in [3.8, 4) is 11.5 Å². The quantitative estimate of drug-likeness (QED) is 0.342. The molecule has 238 valence electrons.